The molecule has 0 bridgehead atoms. The second kappa shape index (κ2) is 5.31. The first-order chi connectivity index (χ1) is 7.81. The van der Waals surface area contributed by atoms with E-state index in [0.29, 0.717) is 31.5 Å². The van der Waals surface area contributed by atoms with Crippen LogP contribution < -0.4 is 5.32 Å². The molecule has 0 radical (unpaired) electrons. The topological polar surface area (TPSA) is 56.1 Å². The Morgan fingerprint density at radius 2 is 2.25 bits per heavy atom. The van der Waals surface area contributed by atoms with E-state index in [0.717, 1.165) is 25.8 Å². The molecule has 1 aliphatic carbocycles. The van der Waals surface area contributed by atoms with Gasteiger partial charge < -0.3 is 10.2 Å². The number of nitrogens with one attached hydrogen (secondary N) is 1. The van der Waals surface area contributed by atoms with Crippen LogP contribution in [0.5, 0.6) is 0 Å². The molecule has 1 heterocycles. The summed E-state index contributed by atoms with van der Waals surface area (Å²) in [6.45, 7) is 1.66. The van der Waals surface area contributed by atoms with Crippen LogP contribution in [0, 0.1) is 11.3 Å². The highest BCUT2D eigenvalue weighted by molar-refractivity contribution is 5.77. The number of nitriles is 1. The Morgan fingerprint density at radius 3 is 2.81 bits per heavy atom. The van der Waals surface area contributed by atoms with Crippen LogP contribution in [-0.2, 0) is 4.79 Å². The van der Waals surface area contributed by atoms with Crippen molar-refractivity contribution >= 4 is 5.91 Å². The summed E-state index contributed by atoms with van der Waals surface area (Å²) in [6.07, 6.45) is 5.61. The molecule has 4 heteroatoms. The quantitative estimate of drug-likeness (QED) is 0.754. The Labute approximate surface area is 96.6 Å². The Morgan fingerprint density at radius 1 is 1.44 bits per heavy atom. The van der Waals surface area contributed by atoms with Gasteiger partial charge in [0.25, 0.3) is 0 Å². The molecule has 0 aromatic carbocycles. The van der Waals surface area contributed by atoms with Gasteiger partial charge in [0.2, 0.25) is 5.91 Å². The zero-order chi connectivity index (χ0) is 11.4. The van der Waals surface area contributed by atoms with Crippen molar-refractivity contribution in [3.63, 3.8) is 0 Å². The molecule has 2 aliphatic rings. The van der Waals surface area contributed by atoms with Gasteiger partial charge >= 0.3 is 0 Å². The van der Waals surface area contributed by atoms with Crippen molar-refractivity contribution in [3.05, 3.63) is 0 Å². The molecule has 1 N–H and O–H groups in total. The van der Waals surface area contributed by atoms with Gasteiger partial charge in [-0.1, -0.05) is 0 Å². The molecule has 2 rings (SSSR count). The fourth-order valence-corrected chi connectivity index (χ4v) is 2.33. The molecular formula is C12H19N3O. The summed E-state index contributed by atoms with van der Waals surface area (Å²) in [5.41, 5.74) is 0. The van der Waals surface area contributed by atoms with E-state index >= 15 is 0 Å². The van der Waals surface area contributed by atoms with Crippen molar-refractivity contribution in [2.45, 2.75) is 50.6 Å². The maximum atomic E-state index is 12.1. The van der Waals surface area contributed by atoms with Gasteiger partial charge in [-0.3, -0.25) is 4.79 Å². The van der Waals surface area contributed by atoms with Crippen LogP contribution >= 0.6 is 0 Å². The number of rotatable bonds is 5. The van der Waals surface area contributed by atoms with Crippen molar-refractivity contribution in [2.24, 2.45) is 0 Å². The number of carbonyl (C=O) groups excluding carboxylic acids is 1. The van der Waals surface area contributed by atoms with Crippen LogP contribution in [0.4, 0.5) is 0 Å². The first-order valence-corrected chi connectivity index (χ1v) is 6.21. The summed E-state index contributed by atoms with van der Waals surface area (Å²) >= 11 is 0. The van der Waals surface area contributed by atoms with Crippen LogP contribution in [0.15, 0.2) is 0 Å². The minimum atomic E-state index is 0.233. The molecular weight excluding hydrogens is 202 g/mol. The molecule has 1 saturated heterocycles. The molecule has 1 amide bonds. The zero-order valence-electron chi connectivity index (χ0n) is 9.61. The largest absolute Gasteiger partial charge is 0.339 e. The second-order valence-electron chi connectivity index (χ2n) is 4.72. The zero-order valence-corrected chi connectivity index (χ0v) is 9.61. The van der Waals surface area contributed by atoms with Gasteiger partial charge in [0.1, 0.15) is 0 Å². The van der Waals surface area contributed by atoms with Crippen LogP contribution in [0.3, 0.4) is 0 Å². The van der Waals surface area contributed by atoms with Gasteiger partial charge in [-0.25, -0.2) is 0 Å². The molecule has 1 unspecified atom stereocenters. The molecule has 2 fully saturated rings. The minimum Gasteiger partial charge on any atom is -0.339 e. The average Bonchev–Trinajstić information content (AvgIpc) is 2.98. The van der Waals surface area contributed by atoms with Crippen molar-refractivity contribution in [2.75, 3.05) is 13.1 Å². The van der Waals surface area contributed by atoms with Crippen molar-refractivity contribution in [1.29, 1.82) is 5.26 Å². The van der Waals surface area contributed by atoms with E-state index in [-0.39, 0.29) is 5.91 Å². The molecule has 0 aromatic rings. The molecule has 1 aliphatic heterocycles. The lowest BCUT2D eigenvalue weighted by Gasteiger charge is -2.23. The molecule has 88 valence electrons. The maximum absolute atomic E-state index is 12.1. The number of nitrogens with zero attached hydrogens (tertiary/aromatic N) is 2. The van der Waals surface area contributed by atoms with Crippen LogP contribution in [0.25, 0.3) is 0 Å². The van der Waals surface area contributed by atoms with Gasteiger partial charge in [-0.2, -0.15) is 5.26 Å². The summed E-state index contributed by atoms with van der Waals surface area (Å²) in [5, 5.41) is 11.9. The number of hydrogen-bond donors (Lipinski definition) is 1. The third-order valence-corrected chi connectivity index (χ3v) is 3.36. The van der Waals surface area contributed by atoms with Crippen molar-refractivity contribution < 1.29 is 4.79 Å². The van der Waals surface area contributed by atoms with E-state index in [1.807, 2.05) is 4.90 Å². The summed E-state index contributed by atoms with van der Waals surface area (Å²) in [6, 6.07) is 2.92. The van der Waals surface area contributed by atoms with E-state index in [4.69, 9.17) is 5.26 Å². The van der Waals surface area contributed by atoms with Gasteiger partial charge in [-0.05, 0) is 32.2 Å². The Hall–Kier alpha value is -1.08. The Kier molecular flexibility index (Phi) is 3.79. The first-order valence-electron chi connectivity index (χ1n) is 6.21. The smallest absolute Gasteiger partial charge is 0.224 e. The predicted molar refractivity (Wildman–Crippen MR) is 60.6 cm³/mol. The second-order valence-corrected chi connectivity index (χ2v) is 4.72. The van der Waals surface area contributed by atoms with E-state index in [1.165, 1.54) is 6.42 Å². The highest BCUT2D eigenvalue weighted by Crippen LogP contribution is 2.28. The van der Waals surface area contributed by atoms with Crippen molar-refractivity contribution in [1.82, 2.24) is 10.2 Å². The summed E-state index contributed by atoms with van der Waals surface area (Å²) < 4.78 is 0. The highest BCUT2D eigenvalue weighted by Gasteiger charge is 2.33. The van der Waals surface area contributed by atoms with Gasteiger partial charge in [0.15, 0.2) is 0 Å². The fraction of sp³-hybridized carbons (Fsp3) is 0.833. The maximum Gasteiger partial charge on any atom is 0.224 e. The molecule has 16 heavy (non-hydrogen) atoms. The van der Waals surface area contributed by atoms with Gasteiger partial charge in [0, 0.05) is 25.0 Å². The number of carbonyl (C=O) groups is 1. The fourth-order valence-electron chi connectivity index (χ4n) is 2.33. The van der Waals surface area contributed by atoms with Gasteiger partial charge in [0.05, 0.1) is 12.5 Å². The van der Waals surface area contributed by atoms with Crippen LogP contribution in [0.1, 0.15) is 38.5 Å². The lowest BCUT2D eigenvalue weighted by Crippen LogP contribution is -2.37. The third-order valence-electron chi connectivity index (χ3n) is 3.36. The number of amides is 1. The molecule has 0 aromatic heterocycles. The summed E-state index contributed by atoms with van der Waals surface area (Å²) in [7, 11) is 0. The number of hydrogen-bond acceptors (Lipinski definition) is 3. The molecule has 4 nitrogen and oxygen atoms in total. The summed E-state index contributed by atoms with van der Waals surface area (Å²) in [4.78, 5) is 14.0. The van der Waals surface area contributed by atoms with Crippen LogP contribution in [0.2, 0.25) is 0 Å². The SMILES string of the molecule is N#CCCN(C(=O)CC1CCCN1)C1CC1. The lowest BCUT2D eigenvalue weighted by atomic mass is 10.1. The molecule has 1 atom stereocenters. The van der Waals surface area contributed by atoms with E-state index in [9.17, 15) is 4.79 Å². The van der Waals surface area contributed by atoms with E-state index in [1.54, 1.807) is 0 Å². The highest BCUT2D eigenvalue weighted by atomic mass is 16.2. The predicted octanol–water partition coefficient (Wildman–Crippen LogP) is 1.03. The molecule has 0 spiro atoms. The summed E-state index contributed by atoms with van der Waals surface area (Å²) in [5.74, 6) is 0.233. The standard InChI is InChI=1S/C12H19N3O/c13-6-2-8-15(11-4-5-11)12(16)9-10-3-1-7-14-10/h10-11,14H,1-5,7-9H2. The van der Waals surface area contributed by atoms with Crippen molar-refractivity contribution in [3.8, 4) is 6.07 Å². The minimum absolute atomic E-state index is 0.233. The van der Waals surface area contributed by atoms with Gasteiger partial charge in [-0.15, -0.1) is 0 Å². The Bertz CT molecular complexity index is 287. The lowest BCUT2D eigenvalue weighted by molar-refractivity contribution is -0.132. The monoisotopic (exact) mass is 221 g/mol. The Balaban J connectivity index is 1.81. The average molecular weight is 221 g/mol. The van der Waals surface area contributed by atoms with E-state index < -0.39 is 0 Å². The van der Waals surface area contributed by atoms with Crippen LogP contribution in [-0.4, -0.2) is 36.0 Å². The van der Waals surface area contributed by atoms with E-state index in [2.05, 4.69) is 11.4 Å². The first kappa shape index (κ1) is 11.4. The normalized spacial score (nSPS) is 24.1. The third kappa shape index (κ3) is 2.96. The molecule has 1 saturated carbocycles.